The molecule has 7 nitrogen and oxygen atoms in total. The molecule has 114 valence electrons. The molecule has 0 spiro atoms. The van der Waals surface area contributed by atoms with E-state index in [1.807, 2.05) is 0 Å². The number of non-ortho nitro benzene ring substituents is 1. The number of nitro benzene ring substituents is 1. The number of anilines is 2. The Labute approximate surface area is 127 Å². The zero-order chi connectivity index (χ0) is 15.9. The summed E-state index contributed by atoms with van der Waals surface area (Å²) in [6, 6.07) is 13.0. The van der Waals surface area contributed by atoms with Gasteiger partial charge in [-0.05, 0) is 18.2 Å². The fourth-order valence-corrected chi connectivity index (χ4v) is 1.82. The summed E-state index contributed by atoms with van der Waals surface area (Å²) in [5.74, 6) is 0.379. The first kappa shape index (κ1) is 15.3. The van der Waals surface area contributed by atoms with Gasteiger partial charge in [-0.3, -0.25) is 14.9 Å². The highest BCUT2D eigenvalue weighted by atomic mass is 16.6. The maximum absolute atomic E-state index is 11.9. The number of nitrogens with zero attached hydrogens (tertiary/aromatic N) is 1. The topological polar surface area (TPSA) is 93.5 Å². The van der Waals surface area contributed by atoms with Gasteiger partial charge in [0, 0.05) is 29.6 Å². The number of amides is 1. The van der Waals surface area contributed by atoms with Crippen molar-refractivity contribution in [1.82, 2.24) is 0 Å². The minimum absolute atomic E-state index is 0.00161. The lowest BCUT2D eigenvalue weighted by molar-refractivity contribution is -0.384. The monoisotopic (exact) mass is 301 g/mol. The number of nitrogens with one attached hydrogen (secondary N) is 2. The third-order valence-electron chi connectivity index (χ3n) is 2.86. The number of carbonyl (C=O) groups excluding carboxylic acids is 1. The molecule has 2 N–H and O–H groups in total. The van der Waals surface area contributed by atoms with Crippen molar-refractivity contribution >= 4 is 23.0 Å². The van der Waals surface area contributed by atoms with Gasteiger partial charge in [0.05, 0.1) is 18.6 Å². The Bertz CT molecular complexity index is 688. The summed E-state index contributed by atoms with van der Waals surface area (Å²) in [6.07, 6.45) is 0. The lowest BCUT2D eigenvalue weighted by Gasteiger charge is -2.08. The van der Waals surface area contributed by atoms with Crippen LogP contribution < -0.4 is 15.4 Å². The number of carbonyl (C=O) groups is 1. The number of rotatable bonds is 6. The van der Waals surface area contributed by atoms with Gasteiger partial charge in [-0.2, -0.15) is 0 Å². The Balaban J connectivity index is 1.92. The van der Waals surface area contributed by atoms with E-state index in [2.05, 4.69) is 10.6 Å². The van der Waals surface area contributed by atoms with E-state index in [1.54, 1.807) is 43.5 Å². The Morgan fingerprint density at radius 2 is 1.91 bits per heavy atom. The van der Waals surface area contributed by atoms with Crippen LogP contribution in [0.2, 0.25) is 0 Å². The molecule has 0 aliphatic rings. The van der Waals surface area contributed by atoms with Crippen LogP contribution in [-0.2, 0) is 4.79 Å². The third-order valence-corrected chi connectivity index (χ3v) is 2.86. The van der Waals surface area contributed by atoms with E-state index < -0.39 is 4.92 Å². The molecule has 2 rings (SSSR count). The van der Waals surface area contributed by atoms with Crippen LogP contribution in [0.4, 0.5) is 17.1 Å². The molecular weight excluding hydrogens is 286 g/mol. The SMILES string of the molecule is COc1cccc(NC(=O)CNc2cccc([N+](=O)[O-])c2)c1. The van der Waals surface area contributed by atoms with Gasteiger partial charge >= 0.3 is 0 Å². The average Bonchev–Trinajstić information content (AvgIpc) is 2.53. The van der Waals surface area contributed by atoms with Crippen LogP contribution in [0.3, 0.4) is 0 Å². The van der Waals surface area contributed by atoms with Crippen molar-refractivity contribution in [1.29, 1.82) is 0 Å². The number of hydrogen-bond donors (Lipinski definition) is 2. The number of ether oxygens (including phenoxy) is 1. The second kappa shape index (κ2) is 7.07. The fourth-order valence-electron chi connectivity index (χ4n) is 1.82. The van der Waals surface area contributed by atoms with Gasteiger partial charge in [-0.1, -0.05) is 12.1 Å². The van der Waals surface area contributed by atoms with Gasteiger partial charge in [-0.15, -0.1) is 0 Å². The zero-order valence-electron chi connectivity index (χ0n) is 11.9. The molecule has 0 fully saturated rings. The van der Waals surface area contributed by atoms with Gasteiger partial charge in [0.15, 0.2) is 0 Å². The summed E-state index contributed by atoms with van der Waals surface area (Å²) >= 11 is 0. The Hall–Kier alpha value is -3.09. The molecule has 0 saturated carbocycles. The Morgan fingerprint density at radius 3 is 2.64 bits per heavy atom. The van der Waals surface area contributed by atoms with Gasteiger partial charge in [0.25, 0.3) is 5.69 Å². The maximum Gasteiger partial charge on any atom is 0.271 e. The molecule has 0 bridgehead atoms. The Morgan fingerprint density at radius 1 is 1.18 bits per heavy atom. The number of nitro groups is 1. The predicted octanol–water partition coefficient (Wildman–Crippen LogP) is 2.65. The molecule has 2 aromatic carbocycles. The summed E-state index contributed by atoms with van der Waals surface area (Å²) in [4.78, 5) is 22.1. The number of methoxy groups -OCH3 is 1. The molecule has 22 heavy (non-hydrogen) atoms. The molecule has 7 heteroatoms. The summed E-state index contributed by atoms with van der Waals surface area (Å²) in [6.45, 7) is -0.00161. The molecule has 0 radical (unpaired) electrons. The van der Waals surface area contributed by atoms with Crippen LogP contribution in [0.25, 0.3) is 0 Å². The minimum Gasteiger partial charge on any atom is -0.497 e. The molecule has 2 aromatic rings. The summed E-state index contributed by atoms with van der Waals surface area (Å²) in [5.41, 5.74) is 1.10. The van der Waals surface area contributed by atoms with Gasteiger partial charge < -0.3 is 15.4 Å². The molecule has 0 heterocycles. The van der Waals surface area contributed by atoms with E-state index in [-0.39, 0.29) is 18.1 Å². The van der Waals surface area contributed by atoms with Crippen molar-refractivity contribution in [3.8, 4) is 5.75 Å². The van der Waals surface area contributed by atoms with E-state index in [0.29, 0.717) is 17.1 Å². The minimum atomic E-state index is -0.485. The van der Waals surface area contributed by atoms with Crippen LogP contribution in [0.15, 0.2) is 48.5 Å². The van der Waals surface area contributed by atoms with Gasteiger partial charge in [0.1, 0.15) is 5.75 Å². The molecule has 0 saturated heterocycles. The summed E-state index contributed by atoms with van der Waals surface area (Å²) < 4.78 is 5.07. The van der Waals surface area contributed by atoms with Gasteiger partial charge in [-0.25, -0.2) is 0 Å². The quantitative estimate of drug-likeness (QED) is 0.632. The highest BCUT2D eigenvalue weighted by Crippen LogP contribution is 2.18. The van der Waals surface area contributed by atoms with Crippen molar-refractivity contribution in [2.45, 2.75) is 0 Å². The normalized spacial score (nSPS) is 9.86. The van der Waals surface area contributed by atoms with Crippen molar-refractivity contribution in [2.24, 2.45) is 0 Å². The van der Waals surface area contributed by atoms with E-state index in [0.717, 1.165) is 0 Å². The molecule has 1 amide bonds. The van der Waals surface area contributed by atoms with Crippen molar-refractivity contribution in [3.63, 3.8) is 0 Å². The molecule has 0 unspecified atom stereocenters. The van der Waals surface area contributed by atoms with Gasteiger partial charge in [0.2, 0.25) is 5.91 Å². The number of benzene rings is 2. The largest absolute Gasteiger partial charge is 0.497 e. The molecule has 0 aromatic heterocycles. The zero-order valence-corrected chi connectivity index (χ0v) is 11.9. The first-order valence-corrected chi connectivity index (χ1v) is 6.51. The van der Waals surface area contributed by atoms with Crippen molar-refractivity contribution in [3.05, 3.63) is 58.6 Å². The highest BCUT2D eigenvalue weighted by Gasteiger charge is 2.07. The van der Waals surface area contributed by atoms with Crippen LogP contribution in [0.5, 0.6) is 5.75 Å². The Kier molecular flexibility index (Phi) is 4.92. The molecule has 0 aliphatic carbocycles. The van der Waals surface area contributed by atoms with E-state index in [1.165, 1.54) is 12.1 Å². The van der Waals surface area contributed by atoms with Crippen molar-refractivity contribution in [2.75, 3.05) is 24.3 Å². The maximum atomic E-state index is 11.9. The fraction of sp³-hybridized carbons (Fsp3) is 0.133. The smallest absolute Gasteiger partial charge is 0.271 e. The molecular formula is C15H15N3O4. The van der Waals surface area contributed by atoms with Crippen LogP contribution in [0, 0.1) is 10.1 Å². The third kappa shape index (κ3) is 4.20. The first-order valence-electron chi connectivity index (χ1n) is 6.51. The standard InChI is InChI=1S/C15H15N3O4/c1-22-14-7-3-5-12(9-14)17-15(19)10-16-11-4-2-6-13(8-11)18(20)21/h2-9,16H,10H2,1H3,(H,17,19). The van der Waals surface area contributed by atoms with E-state index in [9.17, 15) is 14.9 Å². The van der Waals surface area contributed by atoms with Crippen molar-refractivity contribution < 1.29 is 14.5 Å². The van der Waals surface area contributed by atoms with Crippen LogP contribution in [0.1, 0.15) is 0 Å². The average molecular weight is 301 g/mol. The first-order chi connectivity index (χ1) is 10.6. The van der Waals surface area contributed by atoms with E-state index >= 15 is 0 Å². The number of hydrogen-bond acceptors (Lipinski definition) is 5. The molecule has 0 aliphatic heterocycles. The predicted molar refractivity (Wildman–Crippen MR) is 83.2 cm³/mol. The van der Waals surface area contributed by atoms with Crippen LogP contribution in [-0.4, -0.2) is 24.5 Å². The highest BCUT2D eigenvalue weighted by molar-refractivity contribution is 5.93. The second-order valence-corrected chi connectivity index (χ2v) is 4.44. The lowest BCUT2D eigenvalue weighted by Crippen LogP contribution is -2.21. The second-order valence-electron chi connectivity index (χ2n) is 4.44. The lowest BCUT2D eigenvalue weighted by atomic mass is 10.2. The summed E-state index contributed by atoms with van der Waals surface area (Å²) in [5, 5.41) is 16.2. The summed E-state index contributed by atoms with van der Waals surface area (Å²) in [7, 11) is 1.55. The van der Waals surface area contributed by atoms with E-state index in [4.69, 9.17) is 4.74 Å². The van der Waals surface area contributed by atoms with Crippen LogP contribution >= 0.6 is 0 Å². The molecule has 0 atom stereocenters.